The van der Waals surface area contributed by atoms with E-state index >= 15 is 0 Å². The first kappa shape index (κ1) is 24.6. The largest absolute Gasteiger partial charge is 0.418 e. The van der Waals surface area contributed by atoms with Crippen molar-refractivity contribution in [1.29, 1.82) is 0 Å². The normalized spacial score (nSPS) is 15.4. The summed E-state index contributed by atoms with van der Waals surface area (Å²) in [6.07, 6.45) is -9.09. The highest BCUT2D eigenvalue weighted by Crippen LogP contribution is 2.34. The van der Waals surface area contributed by atoms with E-state index in [0.29, 0.717) is 31.7 Å². The molecular weight excluding hydrogens is 452 g/mol. The van der Waals surface area contributed by atoms with Gasteiger partial charge in [-0.1, -0.05) is 24.3 Å². The van der Waals surface area contributed by atoms with E-state index in [1.54, 1.807) is 9.80 Å². The van der Waals surface area contributed by atoms with Gasteiger partial charge < -0.3 is 10.2 Å². The fraction of sp³-hybridized carbons (Fsp3) is 0.364. The molecule has 0 aromatic heterocycles. The standard InChI is InChI=1S/C22H21F6N3O2/c23-21(24,25)16-7-5-15(6-8-16)13-20(33)31-11-9-30(10-12-31)14-19(32)29-18-4-2-1-3-17(18)22(26,27)28/h1-8H,9-14H2,(H,29,32). The van der Waals surface area contributed by atoms with Crippen LogP contribution in [0.1, 0.15) is 16.7 Å². The molecule has 0 spiro atoms. The van der Waals surface area contributed by atoms with Crippen LogP contribution >= 0.6 is 0 Å². The first-order valence-corrected chi connectivity index (χ1v) is 10.1. The highest BCUT2D eigenvalue weighted by molar-refractivity contribution is 5.93. The lowest BCUT2D eigenvalue weighted by Gasteiger charge is -2.34. The first-order chi connectivity index (χ1) is 15.4. The average molecular weight is 473 g/mol. The van der Waals surface area contributed by atoms with Gasteiger partial charge in [-0.05, 0) is 29.8 Å². The van der Waals surface area contributed by atoms with E-state index in [1.807, 2.05) is 0 Å². The van der Waals surface area contributed by atoms with Gasteiger partial charge in [-0.25, -0.2) is 0 Å². The Kier molecular flexibility index (Phi) is 7.31. The van der Waals surface area contributed by atoms with Crippen LogP contribution in [0.4, 0.5) is 32.0 Å². The number of alkyl halides is 6. The van der Waals surface area contributed by atoms with Crippen molar-refractivity contribution in [2.75, 3.05) is 38.0 Å². The van der Waals surface area contributed by atoms with Gasteiger partial charge in [0.05, 0.1) is 29.8 Å². The molecule has 178 valence electrons. The Bertz CT molecular complexity index is 981. The average Bonchev–Trinajstić information content (AvgIpc) is 2.73. The van der Waals surface area contributed by atoms with Gasteiger partial charge in [0.15, 0.2) is 0 Å². The fourth-order valence-corrected chi connectivity index (χ4v) is 3.49. The quantitative estimate of drug-likeness (QED) is 0.667. The molecule has 0 bridgehead atoms. The van der Waals surface area contributed by atoms with Crippen LogP contribution in [0, 0.1) is 0 Å². The number of anilines is 1. The van der Waals surface area contributed by atoms with Gasteiger partial charge in [-0.15, -0.1) is 0 Å². The fourth-order valence-electron chi connectivity index (χ4n) is 3.49. The van der Waals surface area contributed by atoms with Crippen molar-refractivity contribution in [2.24, 2.45) is 0 Å². The molecule has 2 aromatic rings. The maximum atomic E-state index is 13.1. The number of carbonyl (C=O) groups is 2. The zero-order valence-electron chi connectivity index (χ0n) is 17.3. The van der Waals surface area contributed by atoms with Crippen molar-refractivity contribution in [3.63, 3.8) is 0 Å². The van der Waals surface area contributed by atoms with Crippen LogP contribution in [0.5, 0.6) is 0 Å². The zero-order valence-corrected chi connectivity index (χ0v) is 17.3. The molecular formula is C22H21F6N3O2. The Hall–Kier alpha value is -3.08. The maximum absolute atomic E-state index is 13.1. The molecule has 1 aliphatic rings. The zero-order chi connectivity index (χ0) is 24.2. The molecule has 0 aliphatic carbocycles. The molecule has 1 fully saturated rings. The monoisotopic (exact) mass is 473 g/mol. The first-order valence-electron chi connectivity index (χ1n) is 10.1. The van der Waals surface area contributed by atoms with Crippen LogP contribution in [0.3, 0.4) is 0 Å². The number of nitrogens with one attached hydrogen (secondary N) is 1. The molecule has 1 heterocycles. The van der Waals surface area contributed by atoms with Gasteiger partial charge in [0.1, 0.15) is 0 Å². The summed E-state index contributed by atoms with van der Waals surface area (Å²) in [6, 6.07) is 9.08. The van der Waals surface area contributed by atoms with Crippen LogP contribution in [-0.4, -0.2) is 54.3 Å². The summed E-state index contributed by atoms with van der Waals surface area (Å²) in [7, 11) is 0. The number of halogens is 6. The van der Waals surface area contributed by atoms with Gasteiger partial charge in [0.2, 0.25) is 11.8 Å². The minimum Gasteiger partial charge on any atom is -0.340 e. The number of rotatable bonds is 5. The van der Waals surface area contributed by atoms with Crippen LogP contribution in [0.15, 0.2) is 48.5 Å². The van der Waals surface area contributed by atoms with Crippen molar-refractivity contribution in [2.45, 2.75) is 18.8 Å². The summed E-state index contributed by atoms with van der Waals surface area (Å²) >= 11 is 0. The maximum Gasteiger partial charge on any atom is 0.418 e. The Morgan fingerprint density at radius 1 is 0.818 bits per heavy atom. The highest BCUT2D eigenvalue weighted by Gasteiger charge is 2.34. The number of hydrogen-bond acceptors (Lipinski definition) is 3. The Balaban J connectivity index is 1.48. The lowest BCUT2D eigenvalue weighted by Crippen LogP contribution is -2.50. The third-order valence-corrected chi connectivity index (χ3v) is 5.24. The van der Waals surface area contributed by atoms with Crippen LogP contribution in [0.25, 0.3) is 0 Å². The van der Waals surface area contributed by atoms with Crippen molar-refractivity contribution >= 4 is 17.5 Å². The van der Waals surface area contributed by atoms with Gasteiger partial charge in [-0.2, -0.15) is 26.3 Å². The van der Waals surface area contributed by atoms with Crippen LogP contribution in [-0.2, 0) is 28.4 Å². The molecule has 0 atom stereocenters. The molecule has 1 aliphatic heterocycles. The number of nitrogens with zero attached hydrogens (tertiary/aromatic N) is 2. The second-order valence-electron chi connectivity index (χ2n) is 7.62. The van der Waals surface area contributed by atoms with E-state index in [4.69, 9.17) is 0 Å². The predicted molar refractivity (Wildman–Crippen MR) is 108 cm³/mol. The van der Waals surface area contributed by atoms with Crippen LogP contribution in [0.2, 0.25) is 0 Å². The van der Waals surface area contributed by atoms with Crippen molar-refractivity contribution in [1.82, 2.24) is 9.80 Å². The van der Waals surface area contributed by atoms with E-state index in [0.717, 1.165) is 18.2 Å². The third kappa shape index (κ3) is 6.70. The molecule has 2 aromatic carbocycles. The van der Waals surface area contributed by atoms with E-state index in [2.05, 4.69) is 5.32 Å². The van der Waals surface area contributed by atoms with E-state index in [-0.39, 0.29) is 24.6 Å². The number of piperazine rings is 1. The third-order valence-electron chi connectivity index (χ3n) is 5.24. The Labute approximate surface area is 186 Å². The molecule has 11 heteroatoms. The van der Waals surface area contributed by atoms with Crippen molar-refractivity contribution < 1.29 is 35.9 Å². The minimum absolute atomic E-state index is 0.0488. The minimum atomic E-state index is -4.59. The number of benzene rings is 2. The van der Waals surface area contributed by atoms with Crippen molar-refractivity contribution in [3.05, 3.63) is 65.2 Å². The second-order valence-corrected chi connectivity index (χ2v) is 7.62. The second kappa shape index (κ2) is 9.82. The molecule has 0 unspecified atom stereocenters. The molecule has 3 rings (SSSR count). The molecule has 0 saturated carbocycles. The Morgan fingerprint density at radius 3 is 2.00 bits per heavy atom. The highest BCUT2D eigenvalue weighted by atomic mass is 19.4. The molecule has 2 amide bonds. The molecule has 5 nitrogen and oxygen atoms in total. The lowest BCUT2D eigenvalue weighted by atomic mass is 10.1. The molecule has 1 N–H and O–H groups in total. The van der Waals surface area contributed by atoms with E-state index in [9.17, 15) is 35.9 Å². The SMILES string of the molecule is O=C(CN1CCN(C(=O)Cc2ccc(C(F)(F)F)cc2)CC1)Nc1ccccc1C(F)(F)F. The Morgan fingerprint density at radius 2 is 1.42 bits per heavy atom. The van der Waals surface area contributed by atoms with Crippen molar-refractivity contribution in [3.8, 4) is 0 Å². The molecule has 33 heavy (non-hydrogen) atoms. The molecule has 0 radical (unpaired) electrons. The summed E-state index contributed by atoms with van der Waals surface area (Å²) < 4.78 is 77.1. The summed E-state index contributed by atoms with van der Waals surface area (Å²) in [5.41, 5.74) is -1.58. The predicted octanol–water partition coefficient (Wildman–Crippen LogP) is 4.05. The van der Waals surface area contributed by atoms with E-state index < -0.39 is 29.4 Å². The van der Waals surface area contributed by atoms with Gasteiger partial charge in [-0.3, -0.25) is 14.5 Å². The molecule has 1 saturated heterocycles. The van der Waals surface area contributed by atoms with Crippen LogP contribution < -0.4 is 5.32 Å². The number of amides is 2. The van der Waals surface area contributed by atoms with Gasteiger partial charge in [0, 0.05) is 26.2 Å². The topological polar surface area (TPSA) is 52.7 Å². The summed E-state index contributed by atoms with van der Waals surface area (Å²) in [6.45, 7) is 1.14. The number of carbonyl (C=O) groups excluding carboxylic acids is 2. The summed E-state index contributed by atoms with van der Waals surface area (Å²) in [5.74, 6) is -0.853. The number of para-hydroxylation sites is 1. The summed E-state index contributed by atoms with van der Waals surface area (Å²) in [5, 5.41) is 2.28. The van der Waals surface area contributed by atoms with Gasteiger partial charge in [0.25, 0.3) is 0 Å². The number of hydrogen-bond donors (Lipinski definition) is 1. The smallest absolute Gasteiger partial charge is 0.340 e. The lowest BCUT2D eigenvalue weighted by molar-refractivity contribution is -0.138. The summed E-state index contributed by atoms with van der Waals surface area (Å²) in [4.78, 5) is 27.9. The van der Waals surface area contributed by atoms with E-state index in [1.165, 1.54) is 30.3 Å². The van der Waals surface area contributed by atoms with Gasteiger partial charge >= 0.3 is 12.4 Å².